The van der Waals surface area contributed by atoms with Crippen LogP contribution in [-0.2, 0) is 16.1 Å². The molecule has 2 atom stereocenters. The van der Waals surface area contributed by atoms with E-state index in [1.54, 1.807) is 12.1 Å². The summed E-state index contributed by atoms with van der Waals surface area (Å²) in [6, 6.07) is 4.37. The number of carbonyl (C=O) groups excluding carboxylic acids is 1. The van der Waals surface area contributed by atoms with E-state index in [1.165, 1.54) is 13.2 Å². The van der Waals surface area contributed by atoms with Gasteiger partial charge in [-0.15, -0.1) is 0 Å². The molecule has 7 heteroatoms. The van der Waals surface area contributed by atoms with E-state index >= 15 is 0 Å². The molecule has 1 aromatic rings. The Bertz CT molecular complexity index is 522. The van der Waals surface area contributed by atoms with Crippen LogP contribution in [0.25, 0.3) is 0 Å². The number of rotatable bonds is 7. The van der Waals surface area contributed by atoms with Crippen LogP contribution in [0.15, 0.2) is 22.7 Å². The summed E-state index contributed by atoms with van der Waals surface area (Å²) in [5.74, 6) is -0.281. The van der Waals surface area contributed by atoms with Crippen molar-refractivity contribution in [1.82, 2.24) is 5.32 Å². The standard InChI is InChI=1S/C14H19BrN2O4/c1-4-9(2)13(14(18)21-3)16-8-10-5-6-11(15)7-12(10)17(19)20/h5-7,9,13,16H,4,8H2,1-3H3. The van der Waals surface area contributed by atoms with Crippen molar-refractivity contribution in [2.75, 3.05) is 7.11 Å². The smallest absolute Gasteiger partial charge is 0.323 e. The maximum absolute atomic E-state index is 11.8. The minimum atomic E-state index is -0.483. The Morgan fingerprint density at radius 1 is 1.52 bits per heavy atom. The van der Waals surface area contributed by atoms with Crippen LogP contribution in [0.4, 0.5) is 5.69 Å². The van der Waals surface area contributed by atoms with Gasteiger partial charge in [0, 0.05) is 22.6 Å². The minimum absolute atomic E-state index is 0.0182. The van der Waals surface area contributed by atoms with Crippen molar-refractivity contribution in [2.24, 2.45) is 5.92 Å². The van der Waals surface area contributed by atoms with E-state index in [0.29, 0.717) is 10.0 Å². The van der Waals surface area contributed by atoms with Crippen molar-refractivity contribution < 1.29 is 14.5 Å². The number of hydrogen-bond acceptors (Lipinski definition) is 5. The molecule has 1 rings (SSSR count). The van der Waals surface area contributed by atoms with E-state index < -0.39 is 11.0 Å². The van der Waals surface area contributed by atoms with Gasteiger partial charge in [0.25, 0.3) is 5.69 Å². The maximum atomic E-state index is 11.8. The van der Waals surface area contributed by atoms with Gasteiger partial charge < -0.3 is 4.74 Å². The van der Waals surface area contributed by atoms with Crippen molar-refractivity contribution in [1.29, 1.82) is 0 Å². The van der Waals surface area contributed by atoms with Crippen molar-refractivity contribution in [3.63, 3.8) is 0 Å². The fourth-order valence-electron chi connectivity index (χ4n) is 1.96. The number of methoxy groups -OCH3 is 1. The van der Waals surface area contributed by atoms with Gasteiger partial charge in [0.1, 0.15) is 6.04 Å². The van der Waals surface area contributed by atoms with Crippen LogP contribution in [0.3, 0.4) is 0 Å². The molecule has 0 fully saturated rings. The summed E-state index contributed by atoms with van der Waals surface area (Å²) in [6.45, 7) is 4.14. The maximum Gasteiger partial charge on any atom is 0.323 e. The van der Waals surface area contributed by atoms with E-state index in [9.17, 15) is 14.9 Å². The van der Waals surface area contributed by atoms with Gasteiger partial charge in [-0.2, -0.15) is 0 Å². The van der Waals surface area contributed by atoms with Gasteiger partial charge in [-0.25, -0.2) is 0 Å². The highest BCUT2D eigenvalue weighted by Crippen LogP contribution is 2.24. The number of esters is 1. The SMILES string of the molecule is CCC(C)C(NCc1ccc(Br)cc1[N+](=O)[O-])C(=O)OC. The van der Waals surface area contributed by atoms with Gasteiger partial charge >= 0.3 is 5.97 Å². The number of hydrogen-bond donors (Lipinski definition) is 1. The molecule has 0 heterocycles. The molecule has 0 aromatic heterocycles. The summed E-state index contributed by atoms with van der Waals surface area (Å²) in [5.41, 5.74) is 0.546. The highest BCUT2D eigenvalue weighted by atomic mass is 79.9. The predicted molar refractivity (Wildman–Crippen MR) is 82.9 cm³/mol. The molecule has 6 nitrogen and oxygen atoms in total. The van der Waals surface area contributed by atoms with Crippen LogP contribution in [0, 0.1) is 16.0 Å². The molecule has 116 valence electrons. The number of benzene rings is 1. The average molecular weight is 359 g/mol. The molecule has 1 N–H and O–H groups in total. The lowest BCUT2D eigenvalue weighted by Gasteiger charge is -2.21. The summed E-state index contributed by atoms with van der Waals surface area (Å²) in [6.07, 6.45) is 0.801. The quantitative estimate of drug-likeness (QED) is 0.460. The van der Waals surface area contributed by atoms with Crippen LogP contribution in [-0.4, -0.2) is 24.0 Å². The Morgan fingerprint density at radius 3 is 2.71 bits per heavy atom. The lowest BCUT2D eigenvalue weighted by molar-refractivity contribution is -0.385. The third-order valence-corrected chi connectivity index (χ3v) is 3.92. The first-order valence-electron chi connectivity index (χ1n) is 6.64. The number of nitro benzene ring substituents is 1. The molecule has 0 saturated carbocycles. The first-order valence-corrected chi connectivity index (χ1v) is 7.44. The second-order valence-electron chi connectivity index (χ2n) is 4.80. The molecule has 21 heavy (non-hydrogen) atoms. The predicted octanol–water partition coefficient (Wildman–Crippen LogP) is 3.03. The van der Waals surface area contributed by atoms with Gasteiger partial charge in [-0.3, -0.25) is 20.2 Å². The number of carbonyl (C=O) groups is 1. The van der Waals surface area contributed by atoms with Gasteiger partial charge in [0.15, 0.2) is 0 Å². The zero-order valence-corrected chi connectivity index (χ0v) is 13.8. The third-order valence-electron chi connectivity index (χ3n) is 3.42. The topological polar surface area (TPSA) is 81.5 Å². The molecule has 2 unspecified atom stereocenters. The third kappa shape index (κ3) is 4.78. The molecular weight excluding hydrogens is 340 g/mol. The normalized spacial score (nSPS) is 13.5. The second kappa shape index (κ2) is 8.09. The second-order valence-corrected chi connectivity index (χ2v) is 5.71. The van der Waals surface area contributed by atoms with Crippen molar-refractivity contribution in [3.05, 3.63) is 38.3 Å². The monoisotopic (exact) mass is 358 g/mol. The summed E-state index contributed by atoms with van der Waals surface area (Å²) >= 11 is 3.21. The zero-order valence-electron chi connectivity index (χ0n) is 12.3. The first-order chi connectivity index (χ1) is 9.90. The summed E-state index contributed by atoms with van der Waals surface area (Å²) in [4.78, 5) is 22.4. The largest absolute Gasteiger partial charge is 0.468 e. The van der Waals surface area contributed by atoms with Gasteiger partial charge in [0.05, 0.1) is 12.0 Å². The number of halogens is 1. The number of ether oxygens (including phenoxy) is 1. The number of nitrogens with zero attached hydrogens (tertiary/aromatic N) is 1. The van der Waals surface area contributed by atoms with Crippen LogP contribution in [0.2, 0.25) is 0 Å². The highest BCUT2D eigenvalue weighted by molar-refractivity contribution is 9.10. The van der Waals surface area contributed by atoms with E-state index in [2.05, 4.69) is 21.2 Å². The molecule has 0 radical (unpaired) electrons. The molecule has 0 aliphatic rings. The summed E-state index contributed by atoms with van der Waals surface area (Å²) < 4.78 is 5.42. The fraction of sp³-hybridized carbons (Fsp3) is 0.500. The Kier molecular flexibility index (Phi) is 6.77. The Balaban J connectivity index is 2.90. The molecule has 0 aliphatic carbocycles. The van der Waals surface area contributed by atoms with E-state index in [0.717, 1.165) is 6.42 Å². The summed E-state index contributed by atoms with van der Waals surface area (Å²) in [7, 11) is 1.33. The lowest BCUT2D eigenvalue weighted by Crippen LogP contribution is -2.42. The van der Waals surface area contributed by atoms with Gasteiger partial charge in [-0.1, -0.05) is 36.2 Å². The highest BCUT2D eigenvalue weighted by Gasteiger charge is 2.25. The van der Waals surface area contributed by atoms with Crippen molar-refractivity contribution >= 4 is 27.6 Å². The van der Waals surface area contributed by atoms with Crippen LogP contribution in [0.1, 0.15) is 25.8 Å². The Labute approximate surface area is 132 Å². The van der Waals surface area contributed by atoms with Crippen molar-refractivity contribution in [2.45, 2.75) is 32.9 Å². The zero-order chi connectivity index (χ0) is 16.0. The van der Waals surface area contributed by atoms with Crippen LogP contribution < -0.4 is 5.32 Å². The minimum Gasteiger partial charge on any atom is -0.468 e. The summed E-state index contributed by atoms with van der Waals surface area (Å²) in [5, 5.41) is 14.1. The number of nitro groups is 1. The van der Waals surface area contributed by atoms with E-state index in [1.807, 2.05) is 13.8 Å². The molecule has 0 bridgehead atoms. The van der Waals surface area contributed by atoms with Crippen LogP contribution >= 0.6 is 15.9 Å². The van der Waals surface area contributed by atoms with E-state index in [4.69, 9.17) is 4.74 Å². The fourth-order valence-corrected chi connectivity index (χ4v) is 2.30. The molecule has 0 saturated heterocycles. The van der Waals surface area contributed by atoms with Gasteiger partial charge in [0.2, 0.25) is 0 Å². The van der Waals surface area contributed by atoms with Gasteiger partial charge in [-0.05, 0) is 18.1 Å². The molecule has 0 aliphatic heterocycles. The first kappa shape index (κ1) is 17.6. The molecule has 0 amide bonds. The molecule has 0 spiro atoms. The van der Waals surface area contributed by atoms with E-state index in [-0.39, 0.29) is 24.1 Å². The average Bonchev–Trinajstić information content (AvgIpc) is 2.47. The number of nitrogens with one attached hydrogen (secondary N) is 1. The lowest BCUT2D eigenvalue weighted by atomic mass is 9.99. The molecule has 1 aromatic carbocycles. The van der Waals surface area contributed by atoms with Crippen LogP contribution in [0.5, 0.6) is 0 Å². The molecular formula is C14H19BrN2O4. The Morgan fingerprint density at radius 2 is 2.19 bits per heavy atom. The Hall–Kier alpha value is -1.47. The van der Waals surface area contributed by atoms with Crippen molar-refractivity contribution in [3.8, 4) is 0 Å².